The summed E-state index contributed by atoms with van der Waals surface area (Å²) in [5.74, 6) is 3.30. The fourth-order valence-electron chi connectivity index (χ4n) is 5.90. The van der Waals surface area contributed by atoms with Crippen molar-refractivity contribution in [3.05, 3.63) is 0 Å². The average Bonchev–Trinajstić information content (AvgIpc) is 2.64. The second-order valence-corrected chi connectivity index (χ2v) is 9.82. The molecule has 4 aliphatic carbocycles. The summed E-state index contributed by atoms with van der Waals surface area (Å²) in [6.45, 7) is 1.57. The molecule has 0 spiro atoms. The highest BCUT2D eigenvalue weighted by Gasteiger charge is 2.50. The van der Waals surface area contributed by atoms with E-state index in [1.807, 2.05) is 0 Å². The van der Waals surface area contributed by atoms with Gasteiger partial charge in [-0.15, -0.1) is 0 Å². The Labute approximate surface area is 116 Å². The highest BCUT2D eigenvalue weighted by atomic mass is 32.2. The van der Waals surface area contributed by atoms with Gasteiger partial charge in [0.15, 0.2) is 0 Å². The summed E-state index contributed by atoms with van der Waals surface area (Å²) in [4.78, 5) is 0. The Hall–Kier alpha value is -0.0900. The number of hydrogen-bond acceptors (Lipinski definition) is 2. The zero-order valence-electron chi connectivity index (χ0n) is 11.7. The van der Waals surface area contributed by atoms with Crippen LogP contribution in [0.5, 0.6) is 0 Å². The molecule has 0 aromatic rings. The molecule has 0 aromatic carbocycles. The number of hydrogen-bond donors (Lipinski definition) is 0. The summed E-state index contributed by atoms with van der Waals surface area (Å²) in [5.41, 5.74) is 0.521. The van der Waals surface area contributed by atoms with E-state index in [4.69, 9.17) is 0 Å². The largest absolute Gasteiger partial charge is 0.214 e. The molecule has 5 aliphatic rings. The van der Waals surface area contributed by atoms with Crippen molar-refractivity contribution in [3.8, 4) is 0 Å². The molecular formula is C15H25NO2S. The van der Waals surface area contributed by atoms with Gasteiger partial charge in [-0.25, -0.2) is 12.7 Å². The first-order valence-corrected chi connectivity index (χ1v) is 9.63. The normalized spacial score (nSPS) is 47.9. The third-order valence-corrected chi connectivity index (χ3v) is 8.22. The Kier molecular flexibility index (Phi) is 2.79. The second-order valence-electron chi connectivity index (χ2n) is 7.74. The van der Waals surface area contributed by atoms with Gasteiger partial charge in [0.1, 0.15) is 0 Å². The Balaban J connectivity index is 1.45. The van der Waals surface area contributed by atoms with Crippen LogP contribution in [0.2, 0.25) is 0 Å². The molecular weight excluding hydrogens is 258 g/mol. The monoisotopic (exact) mass is 283 g/mol. The maximum Gasteiger partial charge on any atom is 0.214 e. The van der Waals surface area contributed by atoms with Crippen molar-refractivity contribution in [2.45, 2.75) is 51.4 Å². The predicted octanol–water partition coefficient (Wildman–Crippen LogP) is 2.63. The minimum atomic E-state index is -2.89. The molecule has 108 valence electrons. The lowest BCUT2D eigenvalue weighted by molar-refractivity contribution is -0.0585. The molecule has 4 heteroatoms. The molecule has 1 heterocycles. The van der Waals surface area contributed by atoms with Gasteiger partial charge in [0.05, 0.1) is 5.75 Å². The van der Waals surface area contributed by atoms with Crippen LogP contribution in [0.4, 0.5) is 0 Å². The van der Waals surface area contributed by atoms with Crippen molar-refractivity contribution in [2.75, 3.05) is 18.8 Å². The SMILES string of the molecule is O=S1(=O)CCCN1CCC12CC3CC(CC(C3)C1)C2. The summed E-state index contributed by atoms with van der Waals surface area (Å²) in [7, 11) is -2.89. The molecule has 3 nitrogen and oxygen atoms in total. The zero-order chi connectivity index (χ0) is 13.1. The van der Waals surface area contributed by atoms with E-state index >= 15 is 0 Å². The molecule has 1 aliphatic heterocycles. The van der Waals surface area contributed by atoms with E-state index in [2.05, 4.69) is 0 Å². The van der Waals surface area contributed by atoms with Crippen LogP contribution in [-0.2, 0) is 10.0 Å². The van der Waals surface area contributed by atoms with E-state index < -0.39 is 10.0 Å². The molecule has 4 saturated carbocycles. The maximum atomic E-state index is 11.9. The molecule has 0 radical (unpaired) electrons. The summed E-state index contributed by atoms with van der Waals surface area (Å²) in [6, 6.07) is 0. The van der Waals surface area contributed by atoms with E-state index in [0.29, 0.717) is 11.2 Å². The smallest absolute Gasteiger partial charge is 0.212 e. The molecule has 0 atom stereocenters. The van der Waals surface area contributed by atoms with Crippen LogP contribution in [0.1, 0.15) is 51.4 Å². The molecule has 0 unspecified atom stereocenters. The summed E-state index contributed by atoms with van der Waals surface area (Å²) < 4.78 is 25.6. The number of nitrogens with zero attached hydrogens (tertiary/aromatic N) is 1. The van der Waals surface area contributed by atoms with Crippen LogP contribution in [0.3, 0.4) is 0 Å². The average molecular weight is 283 g/mol. The fraction of sp³-hybridized carbons (Fsp3) is 1.00. The zero-order valence-corrected chi connectivity index (χ0v) is 12.5. The van der Waals surface area contributed by atoms with Gasteiger partial charge < -0.3 is 0 Å². The molecule has 5 rings (SSSR count). The van der Waals surface area contributed by atoms with Gasteiger partial charge in [-0.1, -0.05) is 0 Å². The van der Waals surface area contributed by atoms with Gasteiger partial charge >= 0.3 is 0 Å². The van der Waals surface area contributed by atoms with E-state index in [1.165, 1.54) is 38.5 Å². The third kappa shape index (κ3) is 2.15. The van der Waals surface area contributed by atoms with Crippen LogP contribution in [-0.4, -0.2) is 31.6 Å². The van der Waals surface area contributed by atoms with E-state index in [0.717, 1.165) is 43.7 Å². The van der Waals surface area contributed by atoms with Crippen molar-refractivity contribution >= 4 is 10.0 Å². The Morgan fingerprint density at radius 2 is 1.58 bits per heavy atom. The van der Waals surface area contributed by atoms with Crippen LogP contribution in [0, 0.1) is 23.2 Å². The van der Waals surface area contributed by atoms with E-state index in [-0.39, 0.29) is 0 Å². The van der Waals surface area contributed by atoms with Gasteiger partial charge in [-0.3, -0.25) is 0 Å². The molecule has 4 bridgehead atoms. The summed E-state index contributed by atoms with van der Waals surface area (Å²) in [5, 5.41) is 0. The highest BCUT2D eigenvalue weighted by molar-refractivity contribution is 7.89. The molecule has 19 heavy (non-hydrogen) atoms. The first-order valence-electron chi connectivity index (χ1n) is 8.03. The van der Waals surface area contributed by atoms with Crippen LogP contribution >= 0.6 is 0 Å². The first-order chi connectivity index (χ1) is 9.05. The lowest BCUT2D eigenvalue weighted by Gasteiger charge is -2.57. The summed E-state index contributed by atoms with van der Waals surface area (Å²) >= 11 is 0. The Bertz CT molecular complexity index is 435. The van der Waals surface area contributed by atoms with Crippen molar-refractivity contribution in [2.24, 2.45) is 23.2 Å². The summed E-state index contributed by atoms with van der Waals surface area (Å²) in [6.07, 6.45) is 10.6. The molecule has 5 fully saturated rings. The minimum absolute atomic E-state index is 0.383. The van der Waals surface area contributed by atoms with Crippen LogP contribution < -0.4 is 0 Å². The molecule has 1 saturated heterocycles. The Morgan fingerprint density at radius 3 is 2.05 bits per heavy atom. The van der Waals surface area contributed by atoms with E-state index in [1.54, 1.807) is 4.31 Å². The van der Waals surface area contributed by atoms with E-state index in [9.17, 15) is 8.42 Å². The van der Waals surface area contributed by atoms with Gasteiger partial charge in [-0.2, -0.15) is 0 Å². The van der Waals surface area contributed by atoms with Gasteiger partial charge in [-0.05, 0) is 74.5 Å². The predicted molar refractivity (Wildman–Crippen MR) is 75.2 cm³/mol. The minimum Gasteiger partial charge on any atom is -0.212 e. The number of rotatable bonds is 3. The standard InChI is InChI=1S/C15H25NO2S/c17-19(18)5-1-3-16(19)4-2-15-9-12-6-13(10-15)8-14(7-12)11-15/h12-14H,1-11H2. The lowest BCUT2D eigenvalue weighted by Crippen LogP contribution is -2.47. The third-order valence-electron chi connectivity index (χ3n) is 6.26. The topological polar surface area (TPSA) is 37.4 Å². The van der Waals surface area contributed by atoms with Gasteiger partial charge in [0, 0.05) is 13.1 Å². The lowest BCUT2D eigenvalue weighted by atomic mass is 9.49. The van der Waals surface area contributed by atoms with Crippen molar-refractivity contribution in [1.82, 2.24) is 4.31 Å². The molecule has 0 aromatic heterocycles. The van der Waals surface area contributed by atoms with Crippen molar-refractivity contribution in [1.29, 1.82) is 0 Å². The first kappa shape index (κ1) is 12.6. The Morgan fingerprint density at radius 1 is 1.00 bits per heavy atom. The fourth-order valence-corrected chi connectivity index (χ4v) is 7.43. The second kappa shape index (κ2) is 4.20. The van der Waals surface area contributed by atoms with Crippen molar-refractivity contribution in [3.63, 3.8) is 0 Å². The molecule has 0 N–H and O–H groups in total. The quantitative estimate of drug-likeness (QED) is 0.798. The molecule has 0 amide bonds. The van der Waals surface area contributed by atoms with Crippen LogP contribution in [0.15, 0.2) is 0 Å². The maximum absolute atomic E-state index is 11.9. The van der Waals surface area contributed by atoms with Crippen LogP contribution in [0.25, 0.3) is 0 Å². The number of sulfonamides is 1. The highest BCUT2D eigenvalue weighted by Crippen LogP contribution is 2.61. The van der Waals surface area contributed by atoms with Gasteiger partial charge in [0.25, 0.3) is 0 Å². The van der Waals surface area contributed by atoms with Crippen molar-refractivity contribution < 1.29 is 8.42 Å². The van der Waals surface area contributed by atoms with Gasteiger partial charge in [0.2, 0.25) is 10.0 Å².